The molecular formula is C8H15N3O2S. The van der Waals surface area contributed by atoms with Gasteiger partial charge in [0.15, 0.2) is 0 Å². The minimum Gasteiger partial charge on any atom is -0.314 e. The molecule has 1 rings (SSSR count). The van der Waals surface area contributed by atoms with E-state index in [1.54, 1.807) is 10.9 Å². The topological polar surface area (TPSA) is 64.0 Å². The van der Waals surface area contributed by atoms with Crippen molar-refractivity contribution in [3.8, 4) is 0 Å². The fraction of sp³-hybridized carbons (Fsp3) is 0.625. The van der Waals surface area contributed by atoms with Gasteiger partial charge in [-0.2, -0.15) is 5.10 Å². The number of sulfone groups is 1. The maximum atomic E-state index is 10.8. The van der Waals surface area contributed by atoms with Gasteiger partial charge in [0.25, 0.3) is 0 Å². The van der Waals surface area contributed by atoms with Crippen LogP contribution in [-0.2, 0) is 16.4 Å². The minimum atomic E-state index is -2.84. The molecule has 14 heavy (non-hydrogen) atoms. The summed E-state index contributed by atoms with van der Waals surface area (Å²) in [6, 6.07) is 1.86. The van der Waals surface area contributed by atoms with Crippen LogP contribution in [-0.4, -0.2) is 43.3 Å². The molecule has 80 valence electrons. The molecule has 0 fully saturated rings. The number of aromatic nitrogens is 2. The van der Waals surface area contributed by atoms with Crippen molar-refractivity contribution in [3.63, 3.8) is 0 Å². The van der Waals surface area contributed by atoms with Crippen molar-refractivity contribution in [2.75, 3.05) is 25.1 Å². The molecular weight excluding hydrogens is 202 g/mol. The summed E-state index contributed by atoms with van der Waals surface area (Å²) in [6.07, 6.45) is 4.83. The van der Waals surface area contributed by atoms with Crippen LogP contribution in [0, 0.1) is 0 Å². The molecule has 0 saturated heterocycles. The van der Waals surface area contributed by atoms with Crippen LogP contribution in [0.15, 0.2) is 18.5 Å². The fourth-order valence-corrected chi connectivity index (χ4v) is 1.52. The van der Waals surface area contributed by atoms with Crippen LogP contribution >= 0.6 is 0 Å². The van der Waals surface area contributed by atoms with E-state index in [0.717, 1.165) is 13.1 Å². The highest BCUT2D eigenvalue weighted by Crippen LogP contribution is 1.83. The maximum absolute atomic E-state index is 10.8. The summed E-state index contributed by atoms with van der Waals surface area (Å²) >= 11 is 0. The number of rotatable bonds is 6. The van der Waals surface area contributed by atoms with Crippen molar-refractivity contribution < 1.29 is 8.42 Å². The van der Waals surface area contributed by atoms with Gasteiger partial charge in [-0.1, -0.05) is 0 Å². The van der Waals surface area contributed by atoms with E-state index in [-0.39, 0.29) is 5.75 Å². The normalized spacial score (nSPS) is 11.8. The summed E-state index contributed by atoms with van der Waals surface area (Å²) in [4.78, 5) is 0. The molecule has 0 atom stereocenters. The largest absolute Gasteiger partial charge is 0.314 e. The Labute approximate surface area is 84.0 Å². The van der Waals surface area contributed by atoms with Crippen LogP contribution in [0.1, 0.15) is 0 Å². The third kappa shape index (κ3) is 4.98. The minimum absolute atomic E-state index is 0.187. The molecule has 0 unspecified atom stereocenters. The zero-order chi connectivity index (χ0) is 10.4. The van der Waals surface area contributed by atoms with E-state index >= 15 is 0 Å². The lowest BCUT2D eigenvalue weighted by Crippen LogP contribution is -2.25. The van der Waals surface area contributed by atoms with Crippen LogP contribution in [0.2, 0.25) is 0 Å². The molecule has 1 heterocycles. The Morgan fingerprint density at radius 3 is 2.79 bits per heavy atom. The smallest absolute Gasteiger partial charge is 0.148 e. The van der Waals surface area contributed by atoms with E-state index < -0.39 is 9.84 Å². The predicted molar refractivity (Wildman–Crippen MR) is 54.8 cm³/mol. The summed E-state index contributed by atoms with van der Waals surface area (Å²) in [7, 11) is -2.84. The average molecular weight is 217 g/mol. The number of hydrogen-bond donors (Lipinski definition) is 1. The molecule has 0 saturated carbocycles. The first-order valence-corrected chi connectivity index (χ1v) is 6.50. The standard InChI is InChI=1S/C8H15N3O2S/c1-14(12,13)8-5-9-4-7-11-6-2-3-10-11/h2-3,6,9H,4-5,7-8H2,1H3. The van der Waals surface area contributed by atoms with Crippen molar-refractivity contribution in [2.24, 2.45) is 0 Å². The van der Waals surface area contributed by atoms with Crippen LogP contribution in [0.3, 0.4) is 0 Å². The third-order valence-corrected chi connectivity index (χ3v) is 2.67. The monoisotopic (exact) mass is 217 g/mol. The van der Waals surface area contributed by atoms with Gasteiger partial charge in [0.1, 0.15) is 9.84 Å². The fourth-order valence-electron chi connectivity index (χ4n) is 1.01. The summed E-state index contributed by atoms with van der Waals surface area (Å²) in [5, 5.41) is 7.06. The first kappa shape index (κ1) is 11.2. The average Bonchev–Trinajstić information content (AvgIpc) is 2.54. The van der Waals surface area contributed by atoms with Gasteiger partial charge in [-0.05, 0) is 6.07 Å². The van der Waals surface area contributed by atoms with Gasteiger partial charge >= 0.3 is 0 Å². The zero-order valence-electron chi connectivity index (χ0n) is 8.18. The summed E-state index contributed by atoms with van der Waals surface area (Å²) in [5.74, 6) is 0.187. The molecule has 6 heteroatoms. The molecule has 0 aliphatic rings. The van der Waals surface area contributed by atoms with E-state index in [2.05, 4.69) is 10.4 Å². The highest BCUT2D eigenvalue weighted by molar-refractivity contribution is 7.90. The van der Waals surface area contributed by atoms with Gasteiger partial charge in [0.05, 0.1) is 12.3 Å². The molecule has 0 bridgehead atoms. The lowest BCUT2D eigenvalue weighted by molar-refractivity contribution is 0.560. The zero-order valence-corrected chi connectivity index (χ0v) is 9.00. The van der Waals surface area contributed by atoms with Crippen molar-refractivity contribution in [3.05, 3.63) is 18.5 Å². The Hall–Kier alpha value is -0.880. The Bertz CT molecular complexity index is 345. The lowest BCUT2D eigenvalue weighted by Gasteiger charge is -2.03. The number of nitrogens with one attached hydrogen (secondary N) is 1. The summed E-state index contributed by atoms with van der Waals surface area (Å²) < 4.78 is 23.3. The van der Waals surface area contributed by atoms with Crippen LogP contribution < -0.4 is 5.32 Å². The Morgan fingerprint density at radius 1 is 1.43 bits per heavy atom. The van der Waals surface area contributed by atoms with Gasteiger partial charge in [-0.25, -0.2) is 8.42 Å². The molecule has 1 N–H and O–H groups in total. The van der Waals surface area contributed by atoms with Gasteiger partial charge in [-0.15, -0.1) is 0 Å². The van der Waals surface area contributed by atoms with Gasteiger partial charge < -0.3 is 5.32 Å². The highest BCUT2D eigenvalue weighted by atomic mass is 32.2. The van der Waals surface area contributed by atoms with Crippen molar-refractivity contribution in [1.29, 1.82) is 0 Å². The first-order chi connectivity index (χ1) is 6.58. The van der Waals surface area contributed by atoms with Gasteiger partial charge in [0, 0.05) is 31.7 Å². The first-order valence-electron chi connectivity index (χ1n) is 4.44. The molecule has 0 spiro atoms. The van der Waals surface area contributed by atoms with Crippen LogP contribution in [0.25, 0.3) is 0 Å². The predicted octanol–water partition coefficient (Wildman–Crippen LogP) is -0.483. The second kappa shape index (κ2) is 5.11. The summed E-state index contributed by atoms with van der Waals surface area (Å²) in [5.41, 5.74) is 0. The third-order valence-electron chi connectivity index (χ3n) is 1.73. The lowest BCUT2D eigenvalue weighted by atomic mass is 10.6. The number of nitrogens with zero attached hydrogens (tertiary/aromatic N) is 2. The van der Waals surface area contributed by atoms with Crippen molar-refractivity contribution >= 4 is 9.84 Å². The molecule has 0 aromatic carbocycles. The Kier molecular flexibility index (Phi) is 4.09. The van der Waals surface area contributed by atoms with E-state index in [9.17, 15) is 8.42 Å². The number of hydrogen-bond acceptors (Lipinski definition) is 4. The van der Waals surface area contributed by atoms with E-state index in [1.807, 2.05) is 12.3 Å². The molecule has 5 nitrogen and oxygen atoms in total. The van der Waals surface area contributed by atoms with Crippen molar-refractivity contribution in [2.45, 2.75) is 6.54 Å². The second-order valence-corrected chi connectivity index (χ2v) is 5.41. The van der Waals surface area contributed by atoms with E-state index in [4.69, 9.17) is 0 Å². The van der Waals surface area contributed by atoms with Gasteiger partial charge in [0.2, 0.25) is 0 Å². The summed E-state index contributed by atoms with van der Waals surface area (Å²) in [6.45, 7) is 1.99. The van der Waals surface area contributed by atoms with Crippen LogP contribution in [0.4, 0.5) is 0 Å². The maximum Gasteiger partial charge on any atom is 0.148 e. The van der Waals surface area contributed by atoms with E-state index in [0.29, 0.717) is 6.54 Å². The SMILES string of the molecule is CS(=O)(=O)CCNCCn1cccn1. The highest BCUT2D eigenvalue weighted by Gasteiger charge is 1.99. The quantitative estimate of drug-likeness (QED) is 0.654. The molecule has 0 amide bonds. The Balaban J connectivity index is 2.06. The van der Waals surface area contributed by atoms with E-state index in [1.165, 1.54) is 6.26 Å². The van der Waals surface area contributed by atoms with Crippen molar-refractivity contribution in [1.82, 2.24) is 15.1 Å². The molecule has 1 aromatic heterocycles. The molecule has 0 radical (unpaired) electrons. The molecule has 1 aromatic rings. The molecule has 0 aliphatic carbocycles. The second-order valence-electron chi connectivity index (χ2n) is 3.15. The van der Waals surface area contributed by atoms with Gasteiger partial charge in [-0.3, -0.25) is 4.68 Å². The Morgan fingerprint density at radius 2 is 2.21 bits per heavy atom. The van der Waals surface area contributed by atoms with Crippen LogP contribution in [0.5, 0.6) is 0 Å². The molecule has 0 aliphatic heterocycles.